The fraction of sp³-hybridized carbons (Fsp3) is 0.231. The van der Waals surface area contributed by atoms with Crippen molar-refractivity contribution in [3.05, 3.63) is 95.1 Å². The van der Waals surface area contributed by atoms with Crippen molar-refractivity contribution in [3.8, 4) is 0 Å². The summed E-state index contributed by atoms with van der Waals surface area (Å²) >= 11 is 1.06. The number of rotatable bonds is 5. The van der Waals surface area contributed by atoms with Crippen LogP contribution in [0.25, 0.3) is 0 Å². The number of nitrogens with zero attached hydrogens (tertiary/aromatic N) is 3. The van der Waals surface area contributed by atoms with Crippen LogP contribution in [0.2, 0.25) is 0 Å². The van der Waals surface area contributed by atoms with Gasteiger partial charge in [-0.05, 0) is 54.6 Å². The van der Waals surface area contributed by atoms with Gasteiger partial charge in [-0.1, -0.05) is 55.8 Å². The summed E-state index contributed by atoms with van der Waals surface area (Å²) in [6, 6.07) is 14.7. The third-order valence-corrected chi connectivity index (χ3v) is 8.47. The van der Waals surface area contributed by atoms with Crippen LogP contribution in [0.3, 0.4) is 0 Å². The number of hydrogen-bond acceptors (Lipinski definition) is 5. The highest BCUT2D eigenvalue weighted by Crippen LogP contribution is 2.46. The highest BCUT2D eigenvalue weighted by molar-refractivity contribution is 8.19. The van der Waals surface area contributed by atoms with Gasteiger partial charge in [-0.2, -0.15) is 8.42 Å². The Bertz CT molecular complexity index is 1350. The highest BCUT2D eigenvalue weighted by Gasteiger charge is 2.38. The number of fused-ring (bicyclic) bond motifs is 1. The average Bonchev–Trinajstić information content (AvgIpc) is 3.18. The van der Waals surface area contributed by atoms with E-state index in [1.807, 2.05) is 32.2 Å². The van der Waals surface area contributed by atoms with E-state index in [0.717, 1.165) is 28.7 Å². The number of amidine groups is 1. The summed E-state index contributed by atoms with van der Waals surface area (Å²) in [5.41, 5.74) is 4.10. The van der Waals surface area contributed by atoms with Crippen LogP contribution < -0.4 is 4.90 Å². The maximum atomic E-state index is 13.1. The number of hydrogen-bond donors (Lipinski definition) is 0. The SMILES string of the molecule is C=CCN1C(=O)/C(=C\C=C2/N(C)c3ccccc3C2(C)C)S/C1=N\S(=O)(=O)c1ccc(C)cc1. The number of carbonyl (C=O) groups excluding carboxylic acids is 1. The minimum atomic E-state index is -3.96. The van der Waals surface area contributed by atoms with Gasteiger partial charge in [0.15, 0.2) is 5.17 Å². The lowest BCUT2D eigenvalue weighted by molar-refractivity contribution is -0.121. The van der Waals surface area contributed by atoms with E-state index in [9.17, 15) is 13.2 Å². The van der Waals surface area contributed by atoms with Crippen molar-refractivity contribution in [2.75, 3.05) is 18.5 Å². The summed E-state index contributed by atoms with van der Waals surface area (Å²) in [5.74, 6) is -0.296. The fourth-order valence-electron chi connectivity index (χ4n) is 4.20. The number of thioether (sulfide) groups is 1. The van der Waals surface area contributed by atoms with Crippen molar-refractivity contribution in [2.45, 2.75) is 31.1 Å². The zero-order valence-electron chi connectivity index (χ0n) is 19.6. The van der Waals surface area contributed by atoms with Gasteiger partial charge in [0.25, 0.3) is 15.9 Å². The predicted molar refractivity (Wildman–Crippen MR) is 139 cm³/mol. The quantitative estimate of drug-likeness (QED) is 0.433. The van der Waals surface area contributed by atoms with Gasteiger partial charge >= 0.3 is 0 Å². The predicted octanol–water partition coefficient (Wildman–Crippen LogP) is 5.00. The number of allylic oxidation sites excluding steroid dienone is 3. The van der Waals surface area contributed by atoms with Crippen molar-refractivity contribution in [3.63, 3.8) is 0 Å². The Labute approximate surface area is 205 Å². The largest absolute Gasteiger partial charge is 0.347 e. The molecule has 0 saturated carbocycles. The van der Waals surface area contributed by atoms with E-state index in [1.165, 1.54) is 22.6 Å². The molecular formula is C26H27N3O3S2. The molecule has 2 aromatic carbocycles. The van der Waals surface area contributed by atoms with E-state index < -0.39 is 10.0 Å². The molecule has 2 heterocycles. The summed E-state index contributed by atoms with van der Waals surface area (Å²) in [7, 11) is -1.96. The average molecular weight is 494 g/mol. The molecule has 0 unspecified atom stereocenters. The molecule has 0 N–H and O–H groups in total. The molecule has 8 heteroatoms. The van der Waals surface area contributed by atoms with E-state index in [1.54, 1.807) is 24.3 Å². The first-order valence-electron chi connectivity index (χ1n) is 10.8. The third kappa shape index (κ3) is 4.23. The Hall–Kier alpha value is -3.10. The van der Waals surface area contributed by atoms with Gasteiger partial charge < -0.3 is 4.90 Å². The second-order valence-electron chi connectivity index (χ2n) is 8.75. The lowest BCUT2D eigenvalue weighted by Crippen LogP contribution is -2.29. The number of benzene rings is 2. The molecule has 34 heavy (non-hydrogen) atoms. The van der Waals surface area contributed by atoms with Crippen LogP contribution in [0.15, 0.2) is 93.2 Å². The van der Waals surface area contributed by atoms with Gasteiger partial charge in [-0.25, -0.2) is 0 Å². The van der Waals surface area contributed by atoms with Gasteiger partial charge in [0, 0.05) is 30.4 Å². The first-order chi connectivity index (χ1) is 16.1. The van der Waals surface area contributed by atoms with Crippen LogP contribution in [0, 0.1) is 6.92 Å². The molecule has 176 valence electrons. The van der Waals surface area contributed by atoms with Gasteiger partial charge in [-0.15, -0.1) is 11.0 Å². The number of likely N-dealkylation sites (N-methyl/N-ethyl adjacent to an activating group) is 1. The second-order valence-corrected chi connectivity index (χ2v) is 11.4. The summed E-state index contributed by atoms with van der Waals surface area (Å²) in [4.78, 5) is 17.1. The molecule has 4 rings (SSSR count). The van der Waals surface area contributed by atoms with Crippen LogP contribution >= 0.6 is 11.8 Å². The monoisotopic (exact) mass is 493 g/mol. The van der Waals surface area contributed by atoms with Gasteiger partial charge in [-0.3, -0.25) is 9.69 Å². The van der Waals surface area contributed by atoms with Crippen LogP contribution in [0.5, 0.6) is 0 Å². The van der Waals surface area contributed by atoms with Crippen LogP contribution in [0.4, 0.5) is 5.69 Å². The van der Waals surface area contributed by atoms with Crippen LogP contribution in [-0.2, 0) is 20.2 Å². The third-order valence-electron chi connectivity index (χ3n) is 6.05. The Kier molecular flexibility index (Phi) is 6.31. The molecule has 1 amide bonds. The molecule has 1 saturated heterocycles. The van der Waals surface area contributed by atoms with Crippen molar-refractivity contribution in [2.24, 2.45) is 4.40 Å². The van der Waals surface area contributed by atoms with Crippen molar-refractivity contribution >= 4 is 38.5 Å². The Morgan fingerprint density at radius 1 is 1.09 bits per heavy atom. The topological polar surface area (TPSA) is 70.1 Å². The van der Waals surface area contributed by atoms with Crippen LogP contribution in [-0.4, -0.2) is 38.0 Å². The number of carbonyl (C=O) groups is 1. The van der Waals surface area contributed by atoms with E-state index >= 15 is 0 Å². The molecule has 2 aromatic rings. The van der Waals surface area contributed by atoms with E-state index in [-0.39, 0.29) is 27.9 Å². The molecule has 0 bridgehead atoms. The first kappa shape index (κ1) is 24.0. The van der Waals surface area contributed by atoms with Crippen molar-refractivity contribution < 1.29 is 13.2 Å². The van der Waals surface area contributed by atoms with E-state index in [2.05, 4.69) is 41.9 Å². The molecule has 0 spiro atoms. The summed E-state index contributed by atoms with van der Waals surface area (Å²) in [6.45, 7) is 10.0. The molecular weight excluding hydrogens is 466 g/mol. The number of para-hydroxylation sites is 1. The minimum absolute atomic E-state index is 0.0869. The highest BCUT2D eigenvalue weighted by atomic mass is 32.2. The fourth-order valence-corrected chi connectivity index (χ4v) is 6.33. The lowest BCUT2D eigenvalue weighted by Gasteiger charge is -2.23. The number of amides is 1. The zero-order chi connectivity index (χ0) is 24.7. The molecule has 2 aliphatic rings. The summed E-state index contributed by atoms with van der Waals surface area (Å²) in [6.07, 6.45) is 5.24. The van der Waals surface area contributed by atoms with Gasteiger partial charge in [0.2, 0.25) is 0 Å². The van der Waals surface area contributed by atoms with Crippen LogP contribution in [0.1, 0.15) is 25.0 Å². The Morgan fingerprint density at radius 2 is 1.76 bits per heavy atom. The number of aryl methyl sites for hydroxylation is 1. The van der Waals surface area contributed by atoms with Gasteiger partial charge in [0.05, 0.1) is 9.80 Å². The second kappa shape index (κ2) is 8.92. The molecule has 2 aliphatic heterocycles. The molecule has 0 radical (unpaired) electrons. The standard InChI is InChI=1S/C26H27N3O3S2/c1-6-17-29-24(30)22(33-25(29)27-34(31,32)19-13-11-18(2)12-14-19)15-16-23-26(3,4)20-9-7-8-10-21(20)28(23)5/h6-16H,1,17H2,2-5H3/b22-15+,23-16-,27-25-. The molecule has 1 fully saturated rings. The molecule has 0 atom stereocenters. The maximum Gasteiger partial charge on any atom is 0.284 e. The summed E-state index contributed by atoms with van der Waals surface area (Å²) in [5, 5.41) is 0.123. The Morgan fingerprint density at radius 3 is 2.41 bits per heavy atom. The zero-order valence-corrected chi connectivity index (χ0v) is 21.3. The normalized spacial score (nSPS) is 21.1. The maximum absolute atomic E-state index is 13.1. The van der Waals surface area contributed by atoms with Crippen molar-refractivity contribution in [1.29, 1.82) is 0 Å². The molecule has 0 aliphatic carbocycles. The smallest absolute Gasteiger partial charge is 0.284 e. The summed E-state index contributed by atoms with van der Waals surface area (Å²) < 4.78 is 29.8. The first-order valence-corrected chi connectivity index (χ1v) is 13.1. The number of sulfonamides is 1. The Balaban J connectivity index is 1.70. The molecule has 0 aromatic heterocycles. The number of anilines is 1. The van der Waals surface area contributed by atoms with E-state index in [4.69, 9.17) is 0 Å². The van der Waals surface area contributed by atoms with Crippen molar-refractivity contribution in [1.82, 2.24) is 4.90 Å². The van der Waals surface area contributed by atoms with Gasteiger partial charge in [0.1, 0.15) is 0 Å². The lowest BCUT2D eigenvalue weighted by atomic mass is 9.84. The van der Waals surface area contributed by atoms with E-state index in [0.29, 0.717) is 4.91 Å². The minimum Gasteiger partial charge on any atom is -0.347 e. The molecule has 6 nitrogen and oxygen atoms in total.